The van der Waals surface area contributed by atoms with Crippen LogP contribution in [0.5, 0.6) is 5.75 Å². The van der Waals surface area contributed by atoms with E-state index in [4.69, 9.17) is 0 Å². The van der Waals surface area contributed by atoms with Crippen LogP contribution in [0, 0.1) is 0 Å². The molecule has 108 valence electrons. The third-order valence-electron chi connectivity index (χ3n) is 2.23. The normalized spacial score (nSPS) is 12.2. The first kappa shape index (κ1) is 14.6. The third kappa shape index (κ3) is 2.57. The summed E-state index contributed by atoms with van der Waals surface area (Å²) in [6.45, 7) is -2.92. The van der Waals surface area contributed by atoms with Gasteiger partial charge < -0.3 is 5.11 Å². The summed E-state index contributed by atoms with van der Waals surface area (Å²) in [6, 6.07) is 0. The Morgan fingerprint density at radius 1 is 1.25 bits per heavy atom. The molecular weight excluding hydrogens is 355 g/mol. The zero-order chi connectivity index (χ0) is 15.1. The number of aromatic nitrogens is 4. The van der Waals surface area contributed by atoms with Crippen LogP contribution in [0.4, 0.5) is 22.0 Å². The Morgan fingerprint density at radius 3 is 2.40 bits per heavy atom. The molecule has 0 aromatic carbocycles. The topological polar surface area (TPSA) is 63.8 Å². The van der Waals surface area contributed by atoms with Crippen molar-refractivity contribution in [2.24, 2.45) is 0 Å². The number of halogens is 6. The van der Waals surface area contributed by atoms with Gasteiger partial charge in [0.25, 0.3) is 0 Å². The molecule has 1 N–H and O–H groups in total. The second-order valence-corrected chi connectivity index (χ2v) is 4.34. The zero-order valence-corrected chi connectivity index (χ0v) is 10.8. The van der Waals surface area contributed by atoms with Gasteiger partial charge in [0, 0.05) is 11.8 Å². The van der Waals surface area contributed by atoms with Crippen LogP contribution >= 0.6 is 15.9 Å². The van der Waals surface area contributed by atoms with Crippen molar-refractivity contribution in [2.75, 3.05) is 0 Å². The quantitative estimate of drug-likeness (QED) is 0.837. The lowest BCUT2D eigenvalue weighted by Gasteiger charge is -2.09. The van der Waals surface area contributed by atoms with Crippen LogP contribution in [0.1, 0.15) is 12.2 Å². The molecule has 0 atom stereocenters. The highest BCUT2D eigenvalue weighted by Gasteiger charge is 2.37. The van der Waals surface area contributed by atoms with Crippen molar-refractivity contribution in [2.45, 2.75) is 12.7 Å². The van der Waals surface area contributed by atoms with Crippen LogP contribution in [-0.2, 0) is 6.18 Å². The lowest BCUT2D eigenvalue weighted by Crippen LogP contribution is -2.11. The van der Waals surface area contributed by atoms with Gasteiger partial charge in [0.1, 0.15) is 5.69 Å². The van der Waals surface area contributed by atoms with E-state index < -0.39 is 34.3 Å². The summed E-state index contributed by atoms with van der Waals surface area (Å²) >= 11 is 2.55. The third-order valence-corrected chi connectivity index (χ3v) is 2.98. The van der Waals surface area contributed by atoms with Crippen molar-refractivity contribution in [1.82, 2.24) is 20.0 Å². The van der Waals surface area contributed by atoms with Gasteiger partial charge in [-0.15, -0.1) is 10.2 Å². The highest BCUT2D eigenvalue weighted by molar-refractivity contribution is 9.10. The van der Waals surface area contributed by atoms with Crippen LogP contribution in [0.25, 0.3) is 11.3 Å². The molecular formula is C9H4BrF5N4O. The van der Waals surface area contributed by atoms with E-state index in [1.807, 2.05) is 0 Å². The maximum absolute atomic E-state index is 12.5. The standard InChI is InChI=1S/C9H4BrF5N4O/c10-4-6(20)5(17-18-7(4)9(13,14)15)3-1-16-19(2-3)8(11)12/h1-2,8H,(H,18,20). The molecule has 0 unspecified atom stereocenters. The van der Waals surface area contributed by atoms with Gasteiger partial charge in [0.05, 0.1) is 10.7 Å². The van der Waals surface area contributed by atoms with E-state index >= 15 is 0 Å². The zero-order valence-electron chi connectivity index (χ0n) is 9.24. The van der Waals surface area contributed by atoms with Gasteiger partial charge in [-0.1, -0.05) is 0 Å². The number of rotatable bonds is 2. The first-order valence-electron chi connectivity index (χ1n) is 4.87. The van der Waals surface area contributed by atoms with E-state index in [0.29, 0.717) is 0 Å². The van der Waals surface area contributed by atoms with E-state index in [-0.39, 0.29) is 10.2 Å². The first-order valence-corrected chi connectivity index (χ1v) is 5.66. The molecule has 0 saturated carbocycles. The fourth-order valence-corrected chi connectivity index (χ4v) is 1.84. The van der Waals surface area contributed by atoms with E-state index in [0.717, 1.165) is 12.4 Å². The minimum Gasteiger partial charge on any atom is -0.504 e. The number of hydrogen-bond donors (Lipinski definition) is 1. The van der Waals surface area contributed by atoms with Crippen LogP contribution in [-0.4, -0.2) is 25.1 Å². The maximum atomic E-state index is 12.5. The van der Waals surface area contributed by atoms with Crippen LogP contribution in [0.2, 0.25) is 0 Å². The van der Waals surface area contributed by atoms with Gasteiger partial charge >= 0.3 is 12.7 Å². The summed E-state index contributed by atoms with van der Waals surface area (Å²) in [6.07, 6.45) is -3.06. The highest BCUT2D eigenvalue weighted by Crippen LogP contribution is 2.41. The lowest BCUT2D eigenvalue weighted by molar-refractivity contribution is -0.142. The lowest BCUT2D eigenvalue weighted by atomic mass is 10.2. The fourth-order valence-electron chi connectivity index (χ4n) is 1.35. The van der Waals surface area contributed by atoms with Gasteiger partial charge in [-0.25, -0.2) is 4.68 Å². The maximum Gasteiger partial charge on any atom is 0.436 e. The number of aromatic hydroxyl groups is 1. The van der Waals surface area contributed by atoms with Gasteiger partial charge in [0.15, 0.2) is 11.4 Å². The molecule has 2 rings (SSSR count). The molecule has 0 aliphatic heterocycles. The smallest absolute Gasteiger partial charge is 0.436 e. The Bertz CT molecular complexity index is 642. The monoisotopic (exact) mass is 358 g/mol. The second-order valence-electron chi connectivity index (χ2n) is 3.54. The van der Waals surface area contributed by atoms with Crippen molar-refractivity contribution < 1.29 is 27.1 Å². The van der Waals surface area contributed by atoms with E-state index in [2.05, 4.69) is 31.2 Å². The Labute approximate surface area is 116 Å². The molecule has 0 aliphatic carbocycles. The number of hydrogen-bond acceptors (Lipinski definition) is 4. The molecule has 11 heteroatoms. The van der Waals surface area contributed by atoms with Crippen LogP contribution in [0.3, 0.4) is 0 Å². The van der Waals surface area contributed by atoms with Gasteiger partial charge in [-0.3, -0.25) is 0 Å². The summed E-state index contributed by atoms with van der Waals surface area (Å²) in [5, 5.41) is 19.1. The molecule has 0 radical (unpaired) electrons. The fraction of sp³-hybridized carbons (Fsp3) is 0.222. The van der Waals surface area contributed by atoms with Crippen molar-refractivity contribution >= 4 is 15.9 Å². The highest BCUT2D eigenvalue weighted by atomic mass is 79.9. The molecule has 0 saturated heterocycles. The van der Waals surface area contributed by atoms with Crippen LogP contribution < -0.4 is 0 Å². The molecule has 0 aliphatic rings. The summed E-state index contributed by atoms with van der Waals surface area (Å²) in [4.78, 5) is 0. The largest absolute Gasteiger partial charge is 0.504 e. The van der Waals surface area contributed by atoms with Gasteiger partial charge in [-0.05, 0) is 15.9 Å². The average molecular weight is 359 g/mol. The Hall–Kier alpha value is -1.78. The summed E-state index contributed by atoms with van der Waals surface area (Å²) in [7, 11) is 0. The summed E-state index contributed by atoms with van der Waals surface area (Å²) in [5.41, 5.74) is -1.90. The Kier molecular flexibility index (Phi) is 3.63. The molecule has 2 aromatic heterocycles. The van der Waals surface area contributed by atoms with Crippen molar-refractivity contribution in [3.63, 3.8) is 0 Å². The number of alkyl halides is 5. The molecule has 20 heavy (non-hydrogen) atoms. The molecule has 0 bridgehead atoms. The van der Waals surface area contributed by atoms with Gasteiger partial charge in [0.2, 0.25) is 0 Å². The predicted molar refractivity (Wildman–Crippen MR) is 58.9 cm³/mol. The van der Waals surface area contributed by atoms with Crippen LogP contribution in [0.15, 0.2) is 16.9 Å². The second kappa shape index (κ2) is 4.96. The predicted octanol–water partition coefficient (Wildman–Crippen LogP) is 3.22. The van der Waals surface area contributed by atoms with E-state index in [1.165, 1.54) is 0 Å². The van der Waals surface area contributed by atoms with Crippen molar-refractivity contribution in [3.8, 4) is 17.0 Å². The molecule has 0 fully saturated rings. The van der Waals surface area contributed by atoms with Crippen molar-refractivity contribution in [1.29, 1.82) is 0 Å². The average Bonchev–Trinajstić information content (AvgIpc) is 2.80. The molecule has 0 spiro atoms. The van der Waals surface area contributed by atoms with E-state index in [9.17, 15) is 27.1 Å². The molecule has 2 aromatic rings. The molecule has 5 nitrogen and oxygen atoms in total. The van der Waals surface area contributed by atoms with Gasteiger partial charge in [-0.2, -0.15) is 27.1 Å². The summed E-state index contributed by atoms with van der Waals surface area (Å²) < 4.78 is 61.8. The molecule has 0 amide bonds. The minimum atomic E-state index is -4.81. The summed E-state index contributed by atoms with van der Waals surface area (Å²) in [5.74, 6) is -0.860. The Balaban J connectivity index is 2.51. The Morgan fingerprint density at radius 2 is 1.90 bits per heavy atom. The molecule has 2 heterocycles. The SMILES string of the molecule is Oc1c(-c2cnn(C(F)F)c2)nnc(C(F)(F)F)c1Br. The van der Waals surface area contributed by atoms with E-state index in [1.54, 1.807) is 0 Å². The minimum absolute atomic E-state index is 0.0928. The first-order chi connectivity index (χ1) is 9.21. The number of nitrogens with zero attached hydrogens (tertiary/aromatic N) is 4. The van der Waals surface area contributed by atoms with Crippen molar-refractivity contribution in [3.05, 3.63) is 22.6 Å².